The SMILES string of the molecule is COc1ccc(C(=O)c2nnn3c2CCNC3)cc1. The Morgan fingerprint density at radius 1 is 1.37 bits per heavy atom. The fraction of sp³-hybridized carbons (Fsp3) is 0.308. The van der Waals surface area contributed by atoms with Crippen LogP contribution in [0.25, 0.3) is 0 Å². The first-order valence-electron chi connectivity index (χ1n) is 6.11. The monoisotopic (exact) mass is 258 g/mol. The molecular formula is C13H14N4O2. The first-order chi connectivity index (χ1) is 9.29. The van der Waals surface area contributed by atoms with Crippen molar-refractivity contribution in [3.05, 3.63) is 41.2 Å². The molecule has 0 bridgehead atoms. The minimum atomic E-state index is -0.0918. The zero-order chi connectivity index (χ0) is 13.2. The van der Waals surface area contributed by atoms with Crippen molar-refractivity contribution in [2.45, 2.75) is 13.1 Å². The van der Waals surface area contributed by atoms with Crippen LogP contribution in [-0.4, -0.2) is 34.4 Å². The van der Waals surface area contributed by atoms with Crippen LogP contribution in [0.2, 0.25) is 0 Å². The largest absolute Gasteiger partial charge is 0.497 e. The van der Waals surface area contributed by atoms with Gasteiger partial charge in [-0.15, -0.1) is 5.10 Å². The second-order valence-electron chi connectivity index (χ2n) is 4.35. The molecule has 3 rings (SSSR count). The van der Waals surface area contributed by atoms with E-state index in [4.69, 9.17) is 4.74 Å². The highest BCUT2D eigenvalue weighted by molar-refractivity contribution is 6.08. The van der Waals surface area contributed by atoms with Crippen LogP contribution in [0.1, 0.15) is 21.7 Å². The molecule has 2 aromatic rings. The molecule has 2 heterocycles. The Balaban J connectivity index is 1.92. The van der Waals surface area contributed by atoms with Crippen molar-refractivity contribution in [2.24, 2.45) is 0 Å². The number of aromatic nitrogens is 3. The number of ether oxygens (including phenoxy) is 1. The van der Waals surface area contributed by atoms with E-state index in [2.05, 4.69) is 15.6 Å². The molecule has 0 saturated heterocycles. The van der Waals surface area contributed by atoms with Gasteiger partial charge in [-0.2, -0.15) is 0 Å². The number of fused-ring (bicyclic) bond motifs is 1. The molecular weight excluding hydrogens is 244 g/mol. The molecule has 1 aliphatic rings. The van der Waals surface area contributed by atoms with Gasteiger partial charge in [0, 0.05) is 18.5 Å². The molecule has 0 saturated carbocycles. The Hall–Kier alpha value is -2.21. The number of benzene rings is 1. The van der Waals surface area contributed by atoms with Crippen molar-refractivity contribution in [3.63, 3.8) is 0 Å². The van der Waals surface area contributed by atoms with Gasteiger partial charge < -0.3 is 4.74 Å². The third-order valence-electron chi connectivity index (χ3n) is 3.21. The summed E-state index contributed by atoms with van der Waals surface area (Å²) >= 11 is 0. The Morgan fingerprint density at radius 2 is 2.16 bits per heavy atom. The first kappa shape index (κ1) is 11.9. The van der Waals surface area contributed by atoms with Gasteiger partial charge in [0.15, 0.2) is 5.69 Å². The Bertz CT molecular complexity index is 604. The lowest BCUT2D eigenvalue weighted by atomic mass is 10.1. The lowest BCUT2D eigenvalue weighted by molar-refractivity contribution is 0.103. The number of carbonyl (C=O) groups excluding carboxylic acids is 1. The van der Waals surface area contributed by atoms with E-state index in [-0.39, 0.29) is 5.78 Å². The van der Waals surface area contributed by atoms with Crippen molar-refractivity contribution in [1.29, 1.82) is 0 Å². The van der Waals surface area contributed by atoms with Gasteiger partial charge in [-0.1, -0.05) is 5.21 Å². The van der Waals surface area contributed by atoms with Crippen molar-refractivity contribution >= 4 is 5.78 Å². The second kappa shape index (κ2) is 4.81. The van der Waals surface area contributed by atoms with E-state index in [0.29, 0.717) is 17.9 Å². The molecule has 0 aliphatic carbocycles. The van der Waals surface area contributed by atoms with Crippen LogP contribution >= 0.6 is 0 Å². The first-order valence-corrected chi connectivity index (χ1v) is 6.11. The van der Waals surface area contributed by atoms with Crippen molar-refractivity contribution in [3.8, 4) is 5.75 Å². The van der Waals surface area contributed by atoms with E-state index >= 15 is 0 Å². The van der Waals surface area contributed by atoms with Gasteiger partial charge in [0.1, 0.15) is 5.75 Å². The zero-order valence-electron chi connectivity index (χ0n) is 10.6. The summed E-state index contributed by atoms with van der Waals surface area (Å²) in [6.45, 7) is 1.45. The average Bonchev–Trinajstić information content (AvgIpc) is 2.90. The molecule has 0 spiro atoms. The molecule has 98 valence electrons. The van der Waals surface area contributed by atoms with Crippen LogP contribution in [-0.2, 0) is 13.1 Å². The van der Waals surface area contributed by atoms with Crippen molar-refractivity contribution < 1.29 is 9.53 Å². The van der Waals surface area contributed by atoms with Gasteiger partial charge in [0.25, 0.3) is 0 Å². The molecule has 0 radical (unpaired) electrons. The van der Waals surface area contributed by atoms with E-state index in [1.807, 2.05) is 0 Å². The smallest absolute Gasteiger partial charge is 0.215 e. The Labute approximate surface area is 110 Å². The van der Waals surface area contributed by atoms with E-state index < -0.39 is 0 Å². The van der Waals surface area contributed by atoms with Crippen LogP contribution in [0.15, 0.2) is 24.3 Å². The van der Waals surface area contributed by atoms with Gasteiger partial charge in [-0.05, 0) is 24.3 Å². The summed E-state index contributed by atoms with van der Waals surface area (Å²) in [6.07, 6.45) is 0.768. The number of hydrogen-bond donors (Lipinski definition) is 1. The van der Waals surface area contributed by atoms with Crippen LogP contribution in [0, 0.1) is 0 Å². The van der Waals surface area contributed by atoms with Crippen LogP contribution < -0.4 is 10.1 Å². The maximum atomic E-state index is 12.4. The Kier molecular flexibility index (Phi) is 3.00. The zero-order valence-corrected chi connectivity index (χ0v) is 10.6. The number of carbonyl (C=O) groups is 1. The number of rotatable bonds is 3. The van der Waals surface area contributed by atoms with Gasteiger partial charge in [0.05, 0.1) is 19.5 Å². The number of methoxy groups -OCH3 is 1. The highest BCUT2D eigenvalue weighted by Crippen LogP contribution is 2.17. The summed E-state index contributed by atoms with van der Waals surface area (Å²) in [6, 6.07) is 7.03. The number of nitrogens with one attached hydrogen (secondary N) is 1. The summed E-state index contributed by atoms with van der Waals surface area (Å²) < 4.78 is 6.81. The number of nitrogens with zero attached hydrogens (tertiary/aromatic N) is 3. The molecule has 1 aliphatic heterocycles. The van der Waals surface area contributed by atoms with Crippen molar-refractivity contribution in [1.82, 2.24) is 20.3 Å². The van der Waals surface area contributed by atoms with Crippen LogP contribution in [0.5, 0.6) is 5.75 Å². The predicted molar refractivity (Wildman–Crippen MR) is 68.2 cm³/mol. The molecule has 6 nitrogen and oxygen atoms in total. The van der Waals surface area contributed by atoms with Gasteiger partial charge in [0.2, 0.25) is 5.78 Å². The maximum absolute atomic E-state index is 12.4. The normalized spacial score (nSPS) is 13.9. The summed E-state index contributed by atoms with van der Waals surface area (Å²) in [5.74, 6) is 0.636. The summed E-state index contributed by atoms with van der Waals surface area (Å²) in [7, 11) is 1.60. The molecule has 0 amide bonds. The lowest BCUT2D eigenvalue weighted by Gasteiger charge is -2.14. The summed E-state index contributed by atoms with van der Waals surface area (Å²) in [5, 5.41) is 11.2. The number of ketones is 1. The van der Waals surface area contributed by atoms with Crippen LogP contribution in [0.4, 0.5) is 0 Å². The van der Waals surface area contributed by atoms with Crippen LogP contribution in [0.3, 0.4) is 0 Å². The Morgan fingerprint density at radius 3 is 2.89 bits per heavy atom. The van der Waals surface area contributed by atoms with E-state index in [1.165, 1.54) is 0 Å². The number of hydrogen-bond acceptors (Lipinski definition) is 5. The fourth-order valence-corrected chi connectivity index (χ4v) is 2.15. The van der Waals surface area contributed by atoms with E-state index in [9.17, 15) is 4.79 Å². The standard InChI is InChI=1S/C13H14N4O2/c1-19-10-4-2-9(3-5-10)13(18)12-11-6-7-14-8-17(11)16-15-12/h2-5,14H,6-8H2,1H3. The average molecular weight is 258 g/mol. The van der Waals surface area contributed by atoms with E-state index in [1.54, 1.807) is 36.1 Å². The second-order valence-corrected chi connectivity index (χ2v) is 4.35. The third kappa shape index (κ3) is 2.10. The molecule has 0 fully saturated rings. The highest BCUT2D eigenvalue weighted by Gasteiger charge is 2.22. The quantitative estimate of drug-likeness (QED) is 0.817. The molecule has 1 N–H and O–H groups in total. The predicted octanol–water partition coefficient (Wildman–Crippen LogP) is 0.621. The fourth-order valence-electron chi connectivity index (χ4n) is 2.15. The summed E-state index contributed by atoms with van der Waals surface area (Å²) in [4.78, 5) is 12.4. The molecule has 1 aromatic carbocycles. The third-order valence-corrected chi connectivity index (χ3v) is 3.21. The van der Waals surface area contributed by atoms with Crippen molar-refractivity contribution in [2.75, 3.05) is 13.7 Å². The lowest BCUT2D eigenvalue weighted by Crippen LogP contribution is -2.30. The topological polar surface area (TPSA) is 69.0 Å². The minimum Gasteiger partial charge on any atom is -0.497 e. The van der Waals surface area contributed by atoms with Gasteiger partial charge >= 0.3 is 0 Å². The molecule has 1 aromatic heterocycles. The maximum Gasteiger partial charge on any atom is 0.215 e. The highest BCUT2D eigenvalue weighted by atomic mass is 16.5. The van der Waals surface area contributed by atoms with Gasteiger partial charge in [-0.3, -0.25) is 10.1 Å². The molecule has 19 heavy (non-hydrogen) atoms. The van der Waals surface area contributed by atoms with Gasteiger partial charge in [-0.25, -0.2) is 4.68 Å². The molecule has 6 heteroatoms. The molecule has 0 unspecified atom stereocenters. The summed E-state index contributed by atoms with van der Waals surface area (Å²) in [5.41, 5.74) is 1.95. The van der Waals surface area contributed by atoms with E-state index in [0.717, 1.165) is 24.4 Å². The molecule has 0 atom stereocenters. The minimum absolute atomic E-state index is 0.0918.